The fourth-order valence-corrected chi connectivity index (χ4v) is 3.61. The molecule has 0 aromatic carbocycles. The second kappa shape index (κ2) is 5.14. The van der Waals surface area contributed by atoms with Gasteiger partial charge in [0, 0.05) is 32.1 Å². The molecule has 0 bridgehead atoms. The minimum absolute atomic E-state index is 0.0447. The van der Waals surface area contributed by atoms with Crippen molar-refractivity contribution in [1.82, 2.24) is 19.8 Å². The van der Waals surface area contributed by atoms with Crippen LogP contribution in [0.15, 0.2) is 0 Å². The first kappa shape index (κ1) is 14.1. The smallest absolute Gasteiger partial charge is 0.320 e. The lowest BCUT2D eigenvalue weighted by atomic mass is 10.2. The van der Waals surface area contributed by atoms with Crippen molar-refractivity contribution in [2.45, 2.75) is 20.4 Å². The lowest BCUT2D eigenvalue weighted by Gasteiger charge is -2.15. The summed E-state index contributed by atoms with van der Waals surface area (Å²) in [5.41, 5.74) is 1.22. The summed E-state index contributed by atoms with van der Waals surface area (Å²) in [5, 5.41) is 4.24. The van der Waals surface area contributed by atoms with Gasteiger partial charge in [-0.2, -0.15) is 0 Å². The van der Waals surface area contributed by atoms with Gasteiger partial charge in [0.05, 0.1) is 11.9 Å². The molecule has 0 aliphatic carbocycles. The van der Waals surface area contributed by atoms with Crippen LogP contribution < -0.4 is 5.32 Å². The third kappa shape index (κ3) is 2.31. The number of likely N-dealkylation sites (N-methyl/N-ethyl adjacent to an activating group) is 1. The topological polar surface area (TPSA) is 61.4 Å². The molecule has 2 aromatic rings. The van der Waals surface area contributed by atoms with Gasteiger partial charge in [-0.3, -0.25) is 0 Å². The van der Waals surface area contributed by atoms with E-state index in [0.717, 1.165) is 29.1 Å². The van der Waals surface area contributed by atoms with Crippen LogP contribution in [0.25, 0.3) is 10.2 Å². The van der Waals surface area contributed by atoms with Crippen LogP contribution in [0, 0.1) is 13.8 Å². The molecule has 6 nitrogen and oxygen atoms in total. The molecule has 7 heteroatoms. The van der Waals surface area contributed by atoms with E-state index in [9.17, 15) is 4.79 Å². The normalized spacial score (nSPS) is 15.3. The van der Waals surface area contributed by atoms with Crippen LogP contribution in [-0.4, -0.2) is 53.0 Å². The van der Waals surface area contributed by atoms with Crippen molar-refractivity contribution in [3.63, 3.8) is 0 Å². The molecule has 1 aliphatic heterocycles. The summed E-state index contributed by atoms with van der Waals surface area (Å²) in [4.78, 5) is 26.9. The molecule has 1 N–H and O–H groups in total. The molecule has 3 rings (SSSR count). The Kier molecular flexibility index (Phi) is 3.44. The van der Waals surface area contributed by atoms with Crippen LogP contribution in [0.3, 0.4) is 0 Å². The number of nitrogens with zero attached hydrogens (tertiary/aromatic N) is 4. The van der Waals surface area contributed by atoms with Gasteiger partial charge in [0.1, 0.15) is 10.6 Å². The average molecular weight is 305 g/mol. The highest BCUT2D eigenvalue weighted by Gasteiger charge is 2.26. The van der Waals surface area contributed by atoms with Gasteiger partial charge >= 0.3 is 6.03 Å². The number of fused-ring (bicyclic) bond motifs is 1. The van der Waals surface area contributed by atoms with E-state index in [1.807, 2.05) is 14.1 Å². The molecule has 1 aliphatic rings. The minimum atomic E-state index is 0.0447. The number of aryl methyl sites for hydroxylation is 2. The number of rotatable bonds is 3. The van der Waals surface area contributed by atoms with Gasteiger partial charge in [0.25, 0.3) is 0 Å². The van der Waals surface area contributed by atoms with Crippen LogP contribution in [-0.2, 0) is 6.54 Å². The van der Waals surface area contributed by atoms with Gasteiger partial charge < -0.3 is 15.1 Å². The summed E-state index contributed by atoms with van der Waals surface area (Å²) in [6, 6.07) is 0.0447. The molecule has 0 radical (unpaired) electrons. The van der Waals surface area contributed by atoms with Crippen LogP contribution in [0.5, 0.6) is 0 Å². The van der Waals surface area contributed by atoms with Crippen LogP contribution in [0.4, 0.5) is 10.6 Å². The fourth-order valence-electron chi connectivity index (χ4n) is 2.57. The number of carbonyl (C=O) groups is 1. The van der Waals surface area contributed by atoms with Crippen molar-refractivity contribution in [3.8, 4) is 0 Å². The van der Waals surface area contributed by atoms with E-state index in [1.165, 1.54) is 10.4 Å². The second-order valence-electron chi connectivity index (χ2n) is 5.33. The van der Waals surface area contributed by atoms with Crippen molar-refractivity contribution in [1.29, 1.82) is 0 Å². The Morgan fingerprint density at radius 2 is 2.05 bits per heavy atom. The Balaban J connectivity index is 1.98. The predicted octanol–water partition coefficient (Wildman–Crippen LogP) is 2.22. The number of aromatic nitrogens is 2. The minimum Gasteiger partial charge on any atom is -0.372 e. The lowest BCUT2D eigenvalue weighted by molar-refractivity contribution is 0.196. The third-order valence-corrected chi connectivity index (χ3v) is 5.05. The molecular formula is C14H19N5OS. The Morgan fingerprint density at radius 3 is 2.67 bits per heavy atom. The zero-order valence-electron chi connectivity index (χ0n) is 12.7. The molecule has 2 aromatic heterocycles. The highest BCUT2D eigenvalue weighted by atomic mass is 32.1. The van der Waals surface area contributed by atoms with E-state index >= 15 is 0 Å². The largest absolute Gasteiger partial charge is 0.372 e. The van der Waals surface area contributed by atoms with Crippen LogP contribution >= 0.6 is 11.3 Å². The molecule has 0 unspecified atom stereocenters. The van der Waals surface area contributed by atoms with Crippen LogP contribution in [0.2, 0.25) is 0 Å². The van der Waals surface area contributed by atoms with E-state index in [4.69, 9.17) is 0 Å². The van der Waals surface area contributed by atoms with Crippen molar-refractivity contribution >= 4 is 33.4 Å². The molecule has 3 heterocycles. The Morgan fingerprint density at radius 1 is 1.29 bits per heavy atom. The predicted molar refractivity (Wildman–Crippen MR) is 84.9 cm³/mol. The van der Waals surface area contributed by atoms with Gasteiger partial charge in [-0.25, -0.2) is 14.8 Å². The van der Waals surface area contributed by atoms with Gasteiger partial charge in [0.15, 0.2) is 5.82 Å². The first-order valence-electron chi connectivity index (χ1n) is 6.95. The van der Waals surface area contributed by atoms with Crippen molar-refractivity contribution in [2.24, 2.45) is 0 Å². The van der Waals surface area contributed by atoms with E-state index in [0.29, 0.717) is 12.4 Å². The number of hydrogen-bond acceptors (Lipinski definition) is 5. The Bertz CT molecular complexity index is 711. The van der Waals surface area contributed by atoms with Crippen molar-refractivity contribution in [3.05, 3.63) is 16.3 Å². The Labute approximate surface area is 127 Å². The maximum absolute atomic E-state index is 12.0. The number of hydrogen-bond donors (Lipinski definition) is 1. The average Bonchev–Trinajstić information content (AvgIpc) is 2.92. The highest BCUT2D eigenvalue weighted by Crippen LogP contribution is 2.33. The highest BCUT2D eigenvalue weighted by molar-refractivity contribution is 7.18. The second-order valence-corrected chi connectivity index (χ2v) is 6.53. The lowest BCUT2D eigenvalue weighted by Crippen LogP contribution is -2.29. The van der Waals surface area contributed by atoms with Gasteiger partial charge in [0.2, 0.25) is 0 Å². The Hall–Kier alpha value is -1.89. The summed E-state index contributed by atoms with van der Waals surface area (Å²) in [5.74, 6) is 1.54. The van der Waals surface area contributed by atoms with E-state index in [2.05, 4.69) is 29.1 Å². The van der Waals surface area contributed by atoms with Gasteiger partial charge in [-0.15, -0.1) is 11.3 Å². The molecular weight excluding hydrogens is 286 g/mol. The quantitative estimate of drug-likeness (QED) is 0.944. The van der Waals surface area contributed by atoms with Gasteiger partial charge in [-0.1, -0.05) is 0 Å². The first-order valence-corrected chi connectivity index (χ1v) is 7.77. The SMILES string of the molecule is CNc1nc(CN2CCN(C)C2=O)nc2sc(C)c(C)c12. The fraction of sp³-hybridized carbons (Fsp3) is 0.500. The number of thiophene rings is 1. The molecule has 1 fully saturated rings. The molecule has 2 amide bonds. The number of carbonyl (C=O) groups excluding carboxylic acids is 1. The molecule has 1 saturated heterocycles. The van der Waals surface area contributed by atoms with Crippen molar-refractivity contribution in [2.75, 3.05) is 32.5 Å². The summed E-state index contributed by atoms with van der Waals surface area (Å²) < 4.78 is 0. The zero-order chi connectivity index (χ0) is 15.1. The number of amides is 2. The maximum Gasteiger partial charge on any atom is 0.320 e. The summed E-state index contributed by atoms with van der Waals surface area (Å²) in [6.07, 6.45) is 0. The van der Waals surface area contributed by atoms with Crippen molar-refractivity contribution < 1.29 is 4.79 Å². The molecule has 112 valence electrons. The number of urea groups is 1. The third-order valence-electron chi connectivity index (χ3n) is 3.95. The van der Waals surface area contributed by atoms with E-state index in [-0.39, 0.29) is 6.03 Å². The molecule has 21 heavy (non-hydrogen) atoms. The number of nitrogens with one attached hydrogen (secondary N) is 1. The maximum atomic E-state index is 12.0. The first-order chi connectivity index (χ1) is 10.0. The van der Waals surface area contributed by atoms with E-state index in [1.54, 1.807) is 21.1 Å². The van der Waals surface area contributed by atoms with E-state index < -0.39 is 0 Å². The summed E-state index contributed by atoms with van der Waals surface area (Å²) >= 11 is 1.68. The monoisotopic (exact) mass is 305 g/mol. The number of anilines is 1. The molecule has 0 atom stereocenters. The molecule has 0 spiro atoms. The van der Waals surface area contributed by atoms with Crippen LogP contribution in [0.1, 0.15) is 16.3 Å². The summed E-state index contributed by atoms with van der Waals surface area (Å²) in [6.45, 7) is 6.14. The summed E-state index contributed by atoms with van der Waals surface area (Å²) in [7, 11) is 3.68. The molecule has 0 saturated carbocycles. The van der Waals surface area contributed by atoms with Gasteiger partial charge in [-0.05, 0) is 19.4 Å². The standard InChI is InChI=1S/C14H19N5OS/c1-8-9(2)21-13-11(8)12(15-3)16-10(17-13)7-19-6-5-18(4)14(19)20/h5-7H2,1-4H3,(H,15,16,17). The zero-order valence-corrected chi connectivity index (χ0v) is 13.5.